The topological polar surface area (TPSA) is 106 Å². The zero-order chi connectivity index (χ0) is 26.2. The number of carbonyl (C=O) groups is 2. The van der Waals surface area contributed by atoms with Crippen molar-refractivity contribution in [2.24, 2.45) is 0 Å². The van der Waals surface area contributed by atoms with E-state index in [1.165, 1.54) is 0 Å². The molecule has 0 aromatic heterocycles. The van der Waals surface area contributed by atoms with E-state index in [-0.39, 0.29) is 5.91 Å². The van der Waals surface area contributed by atoms with Crippen LogP contribution >= 0.6 is 0 Å². The number of carboxylic acids is 1. The third kappa shape index (κ3) is 7.40. The Morgan fingerprint density at radius 1 is 1.00 bits per heavy atom. The molecule has 37 heavy (non-hydrogen) atoms. The molecule has 2 N–H and O–H groups in total. The number of ether oxygens (including phenoxy) is 1. The molecule has 1 aliphatic rings. The highest BCUT2D eigenvalue weighted by Crippen LogP contribution is 2.23. The molecule has 4 rings (SSSR count). The van der Waals surface area contributed by atoms with Gasteiger partial charge < -0.3 is 15.2 Å². The average Bonchev–Trinajstić information content (AvgIpc) is 2.91. The number of anilines is 1. The zero-order valence-corrected chi connectivity index (χ0v) is 20.8. The van der Waals surface area contributed by atoms with Crippen LogP contribution in [0.15, 0.2) is 72.8 Å². The van der Waals surface area contributed by atoms with Gasteiger partial charge in [-0.2, -0.15) is 5.26 Å². The molecule has 1 aliphatic heterocycles. The summed E-state index contributed by atoms with van der Waals surface area (Å²) in [5, 5.41) is 20.9. The number of benzene rings is 3. The highest BCUT2D eigenvalue weighted by atomic mass is 16.5. The molecule has 0 atom stereocenters. The van der Waals surface area contributed by atoms with Crippen molar-refractivity contribution in [2.45, 2.75) is 25.4 Å². The molecular weight excluding hydrogens is 468 g/mol. The average molecular weight is 499 g/mol. The normalized spacial score (nSPS) is 14.2. The summed E-state index contributed by atoms with van der Waals surface area (Å²) in [5.74, 6) is 0.304. The fraction of sp³-hybridized carbons (Fsp3) is 0.276. The molecule has 0 bridgehead atoms. The van der Waals surface area contributed by atoms with E-state index in [9.17, 15) is 9.59 Å². The number of amides is 1. The van der Waals surface area contributed by atoms with Crippen molar-refractivity contribution in [3.8, 4) is 17.6 Å². The van der Waals surface area contributed by atoms with Crippen LogP contribution in [0, 0.1) is 11.3 Å². The van der Waals surface area contributed by atoms with Crippen LogP contribution in [0.1, 0.15) is 34.3 Å². The molecule has 1 saturated heterocycles. The maximum absolute atomic E-state index is 12.6. The van der Waals surface area contributed by atoms with Crippen LogP contribution in [-0.4, -0.2) is 59.5 Å². The van der Waals surface area contributed by atoms with Gasteiger partial charge in [-0.05, 0) is 99.2 Å². The van der Waals surface area contributed by atoms with Crippen molar-refractivity contribution in [1.29, 1.82) is 5.26 Å². The van der Waals surface area contributed by atoms with Gasteiger partial charge in [0, 0.05) is 18.3 Å². The van der Waals surface area contributed by atoms with Gasteiger partial charge in [-0.3, -0.25) is 14.6 Å². The van der Waals surface area contributed by atoms with E-state index in [4.69, 9.17) is 15.1 Å². The molecule has 1 amide bonds. The van der Waals surface area contributed by atoms with E-state index in [0.29, 0.717) is 40.9 Å². The predicted octanol–water partition coefficient (Wildman–Crippen LogP) is 4.58. The molecule has 0 unspecified atom stereocenters. The molecule has 0 radical (unpaired) electrons. The molecule has 0 aliphatic carbocycles. The van der Waals surface area contributed by atoms with Crippen molar-refractivity contribution >= 4 is 17.6 Å². The smallest absolute Gasteiger partial charge is 0.335 e. The van der Waals surface area contributed by atoms with Gasteiger partial charge in [0.15, 0.2) is 0 Å². The lowest BCUT2D eigenvalue weighted by Gasteiger charge is -2.36. The van der Waals surface area contributed by atoms with E-state index in [0.717, 1.165) is 38.0 Å². The Bertz CT molecular complexity index is 1240. The van der Waals surface area contributed by atoms with Crippen LogP contribution in [0.3, 0.4) is 0 Å². The number of nitrogens with one attached hydrogen (secondary N) is 1. The Balaban J connectivity index is 1.19. The highest BCUT2D eigenvalue weighted by Gasteiger charge is 2.23. The number of likely N-dealkylation sites (tertiary alicyclic amines) is 1. The van der Waals surface area contributed by atoms with Gasteiger partial charge in [-0.1, -0.05) is 12.1 Å². The van der Waals surface area contributed by atoms with Crippen LogP contribution < -0.4 is 10.1 Å². The molecule has 190 valence electrons. The fourth-order valence-electron chi connectivity index (χ4n) is 4.43. The van der Waals surface area contributed by atoms with Crippen LogP contribution in [0.2, 0.25) is 0 Å². The maximum Gasteiger partial charge on any atom is 0.335 e. The lowest BCUT2D eigenvalue weighted by atomic mass is 10.0. The molecule has 0 spiro atoms. The second kappa shape index (κ2) is 12.2. The van der Waals surface area contributed by atoms with Crippen molar-refractivity contribution < 1.29 is 19.4 Å². The molecule has 3 aromatic carbocycles. The summed E-state index contributed by atoms with van der Waals surface area (Å²) in [6.07, 6.45) is 1.94. The monoisotopic (exact) mass is 498 g/mol. The second-order valence-electron chi connectivity index (χ2n) is 9.24. The second-order valence-corrected chi connectivity index (χ2v) is 9.24. The van der Waals surface area contributed by atoms with Gasteiger partial charge in [0.1, 0.15) is 11.5 Å². The molecule has 8 nitrogen and oxygen atoms in total. The summed E-state index contributed by atoms with van der Waals surface area (Å²) in [6.45, 7) is 2.96. The third-order valence-corrected chi connectivity index (χ3v) is 6.54. The fourth-order valence-corrected chi connectivity index (χ4v) is 4.43. The first-order valence-electron chi connectivity index (χ1n) is 12.2. The van der Waals surface area contributed by atoms with Crippen LogP contribution in [0.4, 0.5) is 5.69 Å². The molecular formula is C29H30N4O4. The van der Waals surface area contributed by atoms with Gasteiger partial charge in [0.25, 0.3) is 0 Å². The first-order chi connectivity index (χ1) is 17.9. The number of nitrogens with zero attached hydrogens (tertiary/aromatic N) is 3. The van der Waals surface area contributed by atoms with Crippen LogP contribution in [0.5, 0.6) is 11.5 Å². The quantitative estimate of drug-likeness (QED) is 0.445. The van der Waals surface area contributed by atoms with Gasteiger partial charge in [0.05, 0.1) is 23.7 Å². The predicted molar refractivity (Wildman–Crippen MR) is 141 cm³/mol. The number of rotatable bonds is 9. The minimum Gasteiger partial charge on any atom is -0.478 e. The number of hydrogen-bond acceptors (Lipinski definition) is 6. The summed E-state index contributed by atoms with van der Waals surface area (Å²) in [5.41, 5.74) is 2.68. The Morgan fingerprint density at radius 3 is 2.16 bits per heavy atom. The maximum atomic E-state index is 12.6. The first-order valence-corrected chi connectivity index (χ1v) is 12.2. The number of carbonyl (C=O) groups excluding carboxylic acids is 1. The summed E-state index contributed by atoms with van der Waals surface area (Å²) >= 11 is 0. The van der Waals surface area contributed by atoms with Gasteiger partial charge in [0.2, 0.25) is 5.91 Å². The highest BCUT2D eigenvalue weighted by molar-refractivity contribution is 5.92. The standard InChI is InChI=1S/C29H30N4O4/c1-32(25-14-16-33(17-15-25)19-22-2-6-23(7-3-22)29(35)36)20-28(34)31-24-8-12-27(13-9-24)37-26-10-4-21(18-30)5-11-26/h2-13,25H,14-17,19-20H2,1H3,(H,31,34)(H,35,36). The minimum atomic E-state index is -0.912. The van der Waals surface area contributed by atoms with E-state index in [1.54, 1.807) is 60.7 Å². The van der Waals surface area contributed by atoms with E-state index >= 15 is 0 Å². The summed E-state index contributed by atoms with van der Waals surface area (Å²) in [4.78, 5) is 28.1. The Labute approximate surface area is 216 Å². The summed E-state index contributed by atoms with van der Waals surface area (Å²) in [7, 11) is 1.99. The van der Waals surface area contributed by atoms with E-state index in [1.807, 2.05) is 19.2 Å². The number of likely N-dealkylation sites (N-methyl/N-ethyl adjacent to an activating group) is 1. The van der Waals surface area contributed by atoms with Gasteiger partial charge in [-0.25, -0.2) is 4.79 Å². The van der Waals surface area contributed by atoms with E-state index < -0.39 is 5.97 Å². The van der Waals surface area contributed by atoms with Crippen molar-refractivity contribution in [2.75, 3.05) is 32.0 Å². The third-order valence-electron chi connectivity index (χ3n) is 6.54. The minimum absolute atomic E-state index is 0.0655. The van der Waals surface area contributed by atoms with Crippen molar-refractivity contribution in [3.05, 3.63) is 89.5 Å². The number of carboxylic acid groups (broad SMARTS) is 1. The van der Waals surface area contributed by atoms with Crippen molar-refractivity contribution in [3.63, 3.8) is 0 Å². The lowest BCUT2D eigenvalue weighted by molar-refractivity contribution is -0.117. The first kappa shape index (κ1) is 25.9. The number of nitriles is 1. The van der Waals surface area contributed by atoms with Crippen LogP contribution in [-0.2, 0) is 11.3 Å². The number of aromatic carboxylic acids is 1. The summed E-state index contributed by atoms with van der Waals surface area (Å²) in [6, 6.07) is 23.5. The summed E-state index contributed by atoms with van der Waals surface area (Å²) < 4.78 is 5.78. The van der Waals surface area contributed by atoms with Crippen molar-refractivity contribution in [1.82, 2.24) is 9.80 Å². The Hall–Kier alpha value is -4.19. The SMILES string of the molecule is CN(CC(=O)Nc1ccc(Oc2ccc(C#N)cc2)cc1)C1CCN(Cc2ccc(C(=O)O)cc2)CC1. The lowest BCUT2D eigenvalue weighted by Crippen LogP contribution is -2.45. The number of piperidine rings is 1. The van der Waals surface area contributed by atoms with E-state index in [2.05, 4.69) is 21.2 Å². The van der Waals surface area contributed by atoms with Gasteiger partial charge >= 0.3 is 5.97 Å². The number of hydrogen-bond donors (Lipinski definition) is 2. The Kier molecular flexibility index (Phi) is 8.52. The molecule has 1 heterocycles. The molecule has 8 heteroatoms. The van der Waals surface area contributed by atoms with Crippen LogP contribution in [0.25, 0.3) is 0 Å². The largest absolute Gasteiger partial charge is 0.478 e. The zero-order valence-electron chi connectivity index (χ0n) is 20.8. The molecule has 0 saturated carbocycles. The van der Waals surface area contributed by atoms with Gasteiger partial charge in [-0.15, -0.1) is 0 Å². The Morgan fingerprint density at radius 2 is 1.59 bits per heavy atom. The molecule has 3 aromatic rings. The molecule has 1 fully saturated rings.